The summed E-state index contributed by atoms with van der Waals surface area (Å²) in [7, 11) is 0. The number of nitrogens with one attached hydrogen (secondary N) is 1. The van der Waals surface area contributed by atoms with Gasteiger partial charge in [-0.1, -0.05) is 25.1 Å². The maximum atomic E-state index is 13.1. The standard InChI is InChI=1S/C22H23N3O4/c1-3-11-25-21(13-9-10-16(27)17(12-13)29-4-2)18-19(23-24-20(18)22(25)28)14-7-5-6-8-15(14)26/h5-10,12,21,26-27H,3-4,11H2,1-2H3,(H,23,24). The number of phenols is 2. The molecule has 1 atom stereocenters. The van der Waals surface area contributed by atoms with E-state index in [2.05, 4.69) is 10.2 Å². The van der Waals surface area contributed by atoms with Crippen molar-refractivity contribution in [3.8, 4) is 28.5 Å². The SMILES string of the molecule is CCCN1C(=O)c2[nH]nc(-c3ccccc3O)c2C1c1ccc(O)c(OCC)c1. The number of phenolic OH excluding ortho intramolecular Hbond substituents is 2. The molecule has 0 spiro atoms. The van der Waals surface area contributed by atoms with E-state index in [0.29, 0.717) is 35.9 Å². The molecule has 1 aromatic heterocycles. The summed E-state index contributed by atoms with van der Waals surface area (Å²) in [5, 5.41) is 27.7. The van der Waals surface area contributed by atoms with Crippen LogP contribution in [-0.4, -0.2) is 44.4 Å². The number of nitrogens with zero attached hydrogens (tertiary/aromatic N) is 2. The Morgan fingerprint density at radius 2 is 1.93 bits per heavy atom. The van der Waals surface area contributed by atoms with E-state index in [1.165, 1.54) is 0 Å². The highest BCUT2D eigenvalue weighted by Gasteiger charge is 2.42. The molecule has 3 N–H and O–H groups in total. The Bertz CT molecular complexity index is 1060. The van der Waals surface area contributed by atoms with Gasteiger partial charge < -0.3 is 19.8 Å². The van der Waals surface area contributed by atoms with Gasteiger partial charge in [-0.3, -0.25) is 9.89 Å². The van der Waals surface area contributed by atoms with E-state index in [0.717, 1.165) is 17.5 Å². The fraction of sp³-hybridized carbons (Fsp3) is 0.273. The number of aromatic nitrogens is 2. The Morgan fingerprint density at radius 1 is 1.14 bits per heavy atom. The molecular weight excluding hydrogens is 370 g/mol. The number of aromatic hydroxyl groups is 2. The van der Waals surface area contributed by atoms with Crippen LogP contribution in [0.25, 0.3) is 11.3 Å². The van der Waals surface area contributed by atoms with E-state index in [1.54, 1.807) is 41.3 Å². The third-order valence-electron chi connectivity index (χ3n) is 5.09. The number of benzene rings is 2. The zero-order chi connectivity index (χ0) is 20.5. The van der Waals surface area contributed by atoms with Gasteiger partial charge in [0.1, 0.15) is 17.1 Å². The van der Waals surface area contributed by atoms with E-state index >= 15 is 0 Å². The first-order chi connectivity index (χ1) is 14.1. The van der Waals surface area contributed by atoms with Gasteiger partial charge in [-0.2, -0.15) is 5.10 Å². The van der Waals surface area contributed by atoms with Crippen LogP contribution in [-0.2, 0) is 0 Å². The zero-order valence-electron chi connectivity index (χ0n) is 16.3. The van der Waals surface area contributed by atoms with E-state index < -0.39 is 6.04 Å². The van der Waals surface area contributed by atoms with Gasteiger partial charge in [-0.25, -0.2) is 0 Å². The van der Waals surface area contributed by atoms with Crippen LogP contribution in [0.5, 0.6) is 17.2 Å². The Morgan fingerprint density at radius 3 is 2.66 bits per heavy atom. The number of H-pyrrole nitrogens is 1. The molecule has 2 heterocycles. The summed E-state index contributed by atoms with van der Waals surface area (Å²) in [6.07, 6.45) is 0.794. The smallest absolute Gasteiger partial charge is 0.273 e. The summed E-state index contributed by atoms with van der Waals surface area (Å²) in [5.74, 6) is 0.389. The van der Waals surface area contributed by atoms with Gasteiger partial charge in [-0.05, 0) is 43.2 Å². The fourth-order valence-corrected chi connectivity index (χ4v) is 3.87. The summed E-state index contributed by atoms with van der Waals surface area (Å²) in [5.41, 5.74) is 3.06. The van der Waals surface area contributed by atoms with Crippen molar-refractivity contribution in [1.82, 2.24) is 15.1 Å². The number of hydrogen-bond donors (Lipinski definition) is 3. The van der Waals surface area contributed by atoms with Gasteiger partial charge in [0.05, 0.1) is 12.6 Å². The van der Waals surface area contributed by atoms with Crippen LogP contribution in [0.2, 0.25) is 0 Å². The highest BCUT2D eigenvalue weighted by Crippen LogP contribution is 2.45. The third-order valence-corrected chi connectivity index (χ3v) is 5.09. The van der Waals surface area contributed by atoms with Crippen molar-refractivity contribution in [1.29, 1.82) is 0 Å². The van der Waals surface area contributed by atoms with Crippen LogP contribution in [0.1, 0.15) is 47.9 Å². The van der Waals surface area contributed by atoms with Crippen molar-refractivity contribution in [3.63, 3.8) is 0 Å². The average Bonchev–Trinajstić information content (AvgIpc) is 3.24. The second-order valence-corrected chi connectivity index (χ2v) is 6.94. The first-order valence-corrected chi connectivity index (χ1v) is 9.70. The van der Waals surface area contributed by atoms with Gasteiger partial charge in [0.2, 0.25) is 0 Å². The van der Waals surface area contributed by atoms with Crippen LogP contribution in [0.4, 0.5) is 0 Å². The van der Waals surface area contributed by atoms with Gasteiger partial charge in [0.25, 0.3) is 5.91 Å². The largest absolute Gasteiger partial charge is 0.507 e. The van der Waals surface area contributed by atoms with Gasteiger partial charge in [0.15, 0.2) is 11.5 Å². The number of para-hydroxylation sites is 1. The molecule has 1 unspecified atom stereocenters. The van der Waals surface area contributed by atoms with E-state index in [9.17, 15) is 15.0 Å². The van der Waals surface area contributed by atoms with Crippen LogP contribution in [0.3, 0.4) is 0 Å². The molecule has 1 aliphatic heterocycles. The lowest BCUT2D eigenvalue weighted by Gasteiger charge is -2.26. The monoisotopic (exact) mass is 393 g/mol. The van der Waals surface area contributed by atoms with Crippen molar-refractivity contribution in [2.24, 2.45) is 0 Å². The predicted molar refractivity (Wildman–Crippen MR) is 108 cm³/mol. The first-order valence-electron chi connectivity index (χ1n) is 9.70. The number of fused-ring (bicyclic) bond motifs is 1. The molecule has 7 heteroatoms. The molecule has 0 fully saturated rings. The van der Waals surface area contributed by atoms with E-state index in [4.69, 9.17) is 4.74 Å². The summed E-state index contributed by atoms with van der Waals surface area (Å²) in [4.78, 5) is 14.9. The van der Waals surface area contributed by atoms with Crippen molar-refractivity contribution in [3.05, 3.63) is 59.3 Å². The molecule has 0 aliphatic carbocycles. The van der Waals surface area contributed by atoms with Crippen LogP contribution >= 0.6 is 0 Å². The second-order valence-electron chi connectivity index (χ2n) is 6.94. The Kier molecular flexibility index (Phi) is 4.88. The molecule has 0 saturated carbocycles. The minimum atomic E-state index is -0.398. The maximum Gasteiger partial charge on any atom is 0.273 e. The number of rotatable bonds is 6. The van der Waals surface area contributed by atoms with Crippen molar-refractivity contribution < 1.29 is 19.7 Å². The van der Waals surface area contributed by atoms with Crippen molar-refractivity contribution in [2.75, 3.05) is 13.2 Å². The number of amides is 1. The molecule has 0 bridgehead atoms. The summed E-state index contributed by atoms with van der Waals surface area (Å²) >= 11 is 0. The van der Waals surface area contributed by atoms with Crippen molar-refractivity contribution in [2.45, 2.75) is 26.3 Å². The van der Waals surface area contributed by atoms with Gasteiger partial charge >= 0.3 is 0 Å². The molecule has 0 saturated heterocycles. The van der Waals surface area contributed by atoms with E-state index in [-0.39, 0.29) is 17.4 Å². The molecule has 1 amide bonds. The predicted octanol–water partition coefficient (Wildman–Crippen LogP) is 3.84. The number of hydrogen-bond acceptors (Lipinski definition) is 5. The minimum Gasteiger partial charge on any atom is -0.507 e. The maximum absolute atomic E-state index is 13.1. The molecule has 1 aliphatic rings. The number of carbonyl (C=O) groups excluding carboxylic acids is 1. The zero-order valence-corrected chi connectivity index (χ0v) is 16.3. The number of carbonyl (C=O) groups is 1. The molecule has 3 aromatic rings. The van der Waals surface area contributed by atoms with Gasteiger partial charge in [0, 0.05) is 17.7 Å². The van der Waals surface area contributed by atoms with Crippen LogP contribution < -0.4 is 4.74 Å². The normalized spacial score (nSPS) is 15.6. The first kappa shape index (κ1) is 18.9. The second kappa shape index (κ2) is 7.50. The summed E-state index contributed by atoms with van der Waals surface area (Å²) in [6, 6.07) is 11.7. The summed E-state index contributed by atoms with van der Waals surface area (Å²) in [6.45, 7) is 4.84. The molecular formula is C22H23N3O4. The van der Waals surface area contributed by atoms with E-state index in [1.807, 2.05) is 19.9 Å². The lowest BCUT2D eigenvalue weighted by atomic mass is 9.95. The lowest BCUT2D eigenvalue weighted by molar-refractivity contribution is 0.0743. The quantitative estimate of drug-likeness (QED) is 0.591. The Labute approximate surface area is 168 Å². The van der Waals surface area contributed by atoms with Crippen molar-refractivity contribution >= 4 is 5.91 Å². The highest BCUT2D eigenvalue weighted by atomic mass is 16.5. The molecule has 4 rings (SSSR count). The minimum absolute atomic E-state index is 0.0512. The summed E-state index contributed by atoms with van der Waals surface area (Å²) < 4.78 is 5.55. The number of aromatic amines is 1. The van der Waals surface area contributed by atoms with Crippen LogP contribution in [0, 0.1) is 0 Å². The fourth-order valence-electron chi connectivity index (χ4n) is 3.87. The average molecular weight is 393 g/mol. The molecule has 2 aromatic carbocycles. The topological polar surface area (TPSA) is 98.7 Å². The third kappa shape index (κ3) is 3.08. The molecule has 150 valence electrons. The molecule has 7 nitrogen and oxygen atoms in total. The molecule has 0 radical (unpaired) electrons. The highest BCUT2D eigenvalue weighted by molar-refractivity contribution is 6.00. The Hall–Kier alpha value is -3.48. The lowest BCUT2D eigenvalue weighted by Crippen LogP contribution is -2.30. The number of ether oxygens (including phenoxy) is 1. The Balaban J connectivity index is 1.90. The molecule has 29 heavy (non-hydrogen) atoms. The van der Waals surface area contributed by atoms with Crippen LogP contribution in [0.15, 0.2) is 42.5 Å². The van der Waals surface area contributed by atoms with Gasteiger partial charge in [-0.15, -0.1) is 0 Å².